The van der Waals surface area contributed by atoms with Crippen molar-refractivity contribution >= 4 is 11.3 Å². The molecule has 1 unspecified atom stereocenters. The van der Waals surface area contributed by atoms with Crippen LogP contribution in [0.15, 0.2) is 29.6 Å². The number of hydrogen-bond donors (Lipinski definition) is 1. The fourth-order valence-electron chi connectivity index (χ4n) is 2.26. The number of nitrogens with one attached hydrogen (secondary N) is 1. The molecule has 0 saturated carbocycles. The molecular weight excluding hydrogens is 259 g/mol. The molecule has 1 N–H and O–H groups in total. The normalized spacial score (nSPS) is 12.6. The van der Waals surface area contributed by atoms with Crippen LogP contribution in [-0.4, -0.2) is 18.6 Å². The van der Waals surface area contributed by atoms with Gasteiger partial charge in [0.15, 0.2) is 0 Å². The summed E-state index contributed by atoms with van der Waals surface area (Å²) >= 11 is 1.69. The van der Waals surface area contributed by atoms with Crippen molar-refractivity contribution in [1.29, 1.82) is 0 Å². The molecule has 4 heteroatoms. The van der Waals surface area contributed by atoms with Crippen LogP contribution in [0.3, 0.4) is 0 Å². The lowest BCUT2D eigenvalue weighted by Crippen LogP contribution is -2.23. The number of rotatable bonds is 6. The molecular formula is C15H19FN2S. The number of hydrogen-bond acceptors (Lipinski definition) is 3. The van der Waals surface area contributed by atoms with Gasteiger partial charge in [-0.15, -0.1) is 11.3 Å². The minimum Gasteiger partial charge on any atom is -0.319 e. The minimum absolute atomic E-state index is 0.177. The first-order valence-electron chi connectivity index (χ1n) is 6.47. The summed E-state index contributed by atoms with van der Waals surface area (Å²) in [6.07, 6.45) is 1.90. The van der Waals surface area contributed by atoms with E-state index in [1.54, 1.807) is 11.3 Å². The van der Waals surface area contributed by atoms with Gasteiger partial charge in [0.05, 0.1) is 10.7 Å². The van der Waals surface area contributed by atoms with E-state index in [9.17, 15) is 4.39 Å². The Kier molecular flexibility index (Phi) is 5.05. The molecule has 0 aliphatic heterocycles. The zero-order valence-corrected chi connectivity index (χ0v) is 12.1. The highest BCUT2D eigenvalue weighted by molar-refractivity contribution is 7.09. The largest absolute Gasteiger partial charge is 0.319 e. The van der Waals surface area contributed by atoms with Gasteiger partial charge in [0.25, 0.3) is 0 Å². The van der Waals surface area contributed by atoms with Crippen LogP contribution >= 0.6 is 11.3 Å². The molecule has 0 spiro atoms. The van der Waals surface area contributed by atoms with Gasteiger partial charge in [-0.25, -0.2) is 9.37 Å². The fourth-order valence-corrected chi connectivity index (χ4v) is 2.88. The quantitative estimate of drug-likeness (QED) is 0.877. The van der Waals surface area contributed by atoms with Crippen LogP contribution in [0.1, 0.15) is 16.3 Å². The molecule has 0 bridgehead atoms. The Morgan fingerprint density at radius 2 is 2.00 bits per heavy atom. The molecule has 0 radical (unpaired) electrons. The summed E-state index contributed by atoms with van der Waals surface area (Å²) in [5.41, 5.74) is 2.33. The van der Waals surface area contributed by atoms with Crippen molar-refractivity contribution in [3.05, 3.63) is 51.7 Å². The molecule has 2 nitrogen and oxygen atoms in total. The van der Waals surface area contributed by atoms with Crippen LogP contribution in [0.5, 0.6) is 0 Å². The predicted molar refractivity (Wildman–Crippen MR) is 78.1 cm³/mol. The molecule has 0 saturated heterocycles. The zero-order chi connectivity index (χ0) is 13.7. The lowest BCUT2D eigenvalue weighted by atomic mass is 9.95. The van der Waals surface area contributed by atoms with E-state index in [2.05, 4.69) is 15.7 Å². The van der Waals surface area contributed by atoms with E-state index in [4.69, 9.17) is 0 Å². The summed E-state index contributed by atoms with van der Waals surface area (Å²) in [4.78, 5) is 4.52. The Labute approximate surface area is 117 Å². The SMILES string of the molecule is CNCC(Cc1ccc(F)cc1)Cc1csc(C)n1. The van der Waals surface area contributed by atoms with Crippen molar-refractivity contribution in [3.63, 3.8) is 0 Å². The molecule has 0 amide bonds. The minimum atomic E-state index is -0.177. The Morgan fingerprint density at radius 1 is 1.26 bits per heavy atom. The lowest BCUT2D eigenvalue weighted by Gasteiger charge is -2.15. The third-order valence-electron chi connectivity index (χ3n) is 3.09. The molecule has 0 fully saturated rings. The first-order chi connectivity index (χ1) is 9.17. The van der Waals surface area contributed by atoms with Gasteiger partial charge < -0.3 is 5.32 Å². The Hall–Kier alpha value is -1.26. The van der Waals surface area contributed by atoms with Crippen molar-refractivity contribution < 1.29 is 4.39 Å². The summed E-state index contributed by atoms with van der Waals surface area (Å²) in [6, 6.07) is 6.78. The molecule has 0 aliphatic carbocycles. The first-order valence-corrected chi connectivity index (χ1v) is 7.35. The second kappa shape index (κ2) is 6.78. The molecule has 0 aliphatic rings. The molecule has 2 aromatic rings. The third kappa shape index (κ3) is 4.40. The Bertz CT molecular complexity index is 507. The van der Waals surface area contributed by atoms with Crippen LogP contribution in [0.4, 0.5) is 4.39 Å². The molecule has 1 atom stereocenters. The number of halogens is 1. The van der Waals surface area contributed by atoms with Crippen LogP contribution in [0, 0.1) is 18.7 Å². The Morgan fingerprint density at radius 3 is 2.58 bits per heavy atom. The molecule has 1 aromatic heterocycles. The number of benzene rings is 1. The smallest absolute Gasteiger partial charge is 0.123 e. The van der Waals surface area contributed by atoms with Crippen LogP contribution < -0.4 is 5.32 Å². The van der Waals surface area contributed by atoms with Crippen LogP contribution in [0.25, 0.3) is 0 Å². The van der Waals surface area contributed by atoms with E-state index in [0.29, 0.717) is 5.92 Å². The van der Waals surface area contributed by atoms with Crippen molar-refractivity contribution in [2.24, 2.45) is 5.92 Å². The standard InChI is InChI=1S/C15H19FN2S/c1-11-18-15(10-19-11)8-13(9-17-2)7-12-3-5-14(16)6-4-12/h3-6,10,13,17H,7-9H2,1-2H3. The second-order valence-electron chi connectivity index (χ2n) is 4.82. The number of thiazole rings is 1. The van der Waals surface area contributed by atoms with E-state index in [-0.39, 0.29) is 5.82 Å². The highest BCUT2D eigenvalue weighted by Crippen LogP contribution is 2.16. The molecule has 1 aromatic carbocycles. The van der Waals surface area contributed by atoms with E-state index in [0.717, 1.165) is 30.1 Å². The number of nitrogens with zero attached hydrogens (tertiary/aromatic N) is 1. The highest BCUT2D eigenvalue weighted by Gasteiger charge is 2.12. The van der Waals surface area contributed by atoms with Gasteiger partial charge in [0, 0.05) is 5.38 Å². The van der Waals surface area contributed by atoms with Gasteiger partial charge >= 0.3 is 0 Å². The van der Waals surface area contributed by atoms with E-state index in [1.165, 1.54) is 17.7 Å². The highest BCUT2D eigenvalue weighted by atomic mass is 32.1. The van der Waals surface area contributed by atoms with Crippen LogP contribution in [-0.2, 0) is 12.8 Å². The molecule has 2 rings (SSSR count). The average Bonchev–Trinajstić information content (AvgIpc) is 2.78. The summed E-state index contributed by atoms with van der Waals surface area (Å²) in [7, 11) is 1.96. The lowest BCUT2D eigenvalue weighted by molar-refractivity contribution is 0.488. The van der Waals surface area contributed by atoms with Gasteiger partial charge in [-0.3, -0.25) is 0 Å². The third-order valence-corrected chi connectivity index (χ3v) is 3.92. The molecule has 1 heterocycles. The van der Waals surface area contributed by atoms with Crippen molar-refractivity contribution in [2.45, 2.75) is 19.8 Å². The van der Waals surface area contributed by atoms with Crippen molar-refractivity contribution in [3.8, 4) is 0 Å². The van der Waals surface area contributed by atoms with E-state index < -0.39 is 0 Å². The van der Waals surface area contributed by atoms with E-state index in [1.807, 2.05) is 26.1 Å². The topological polar surface area (TPSA) is 24.9 Å². The summed E-state index contributed by atoms with van der Waals surface area (Å²) in [5.74, 6) is 0.306. The van der Waals surface area contributed by atoms with Gasteiger partial charge in [0.2, 0.25) is 0 Å². The van der Waals surface area contributed by atoms with Gasteiger partial charge in [-0.2, -0.15) is 0 Å². The van der Waals surface area contributed by atoms with Crippen molar-refractivity contribution in [1.82, 2.24) is 10.3 Å². The van der Waals surface area contributed by atoms with Gasteiger partial charge in [-0.1, -0.05) is 12.1 Å². The summed E-state index contributed by atoms with van der Waals surface area (Å²) < 4.78 is 12.9. The van der Waals surface area contributed by atoms with Gasteiger partial charge in [-0.05, 0) is 57.0 Å². The van der Waals surface area contributed by atoms with Crippen molar-refractivity contribution in [2.75, 3.05) is 13.6 Å². The molecule has 19 heavy (non-hydrogen) atoms. The van der Waals surface area contributed by atoms with E-state index >= 15 is 0 Å². The maximum absolute atomic E-state index is 12.9. The number of aromatic nitrogens is 1. The Balaban J connectivity index is 2.01. The van der Waals surface area contributed by atoms with Crippen LogP contribution in [0.2, 0.25) is 0 Å². The monoisotopic (exact) mass is 278 g/mol. The fraction of sp³-hybridized carbons (Fsp3) is 0.400. The predicted octanol–water partition coefficient (Wildman–Crippen LogP) is 3.21. The zero-order valence-electron chi connectivity index (χ0n) is 11.3. The summed E-state index contributed by atoms with van der Waals surface area (Å²) in [6.45, 7) is 2.97. The first kappa shape index (κ1) is 14.2. The average molecular weight is 278 g/mol. The number of aryl methyl sites for hydroxylation is 1. The maximum atomic E-state index is 12.9. The summed E-state index contributed by atoms with van der Waals surface area (Å²) in [5, 5.41) is 6.47. The molecule has 102 valence electrons. The second-order valence-corrected chi connectivity index (χ2v) is 5.88. The van der Waals surface area contributed by atoms with Gasteiger partial charge in [0.1, 0.15) is 5.82 Å². The maximum Gasteiger partial charge on any atom is 0.123 e.